The second kappa shape index (κ2) is 6.36. The summed E-state index contributed by atoms with van der Waals surface area (Å²) in [6.45, 7) is 6.74. The van der Waals surface area contributed by atoms with Crippen molar-refractivity contribution in [1.82, 2.24) is 4.31 Å². The Hall–Kier alpha value is 0.160. The molecular weight excluding hydrogens is 262 g/mol. The lowest BCUT2D eigenvalue weighted by Gasteiger charge is -2.36. The van der Waals surface area contributed by atoms with E-state index in [1.165, 1.54) is 0 Å². The molecule has 1 saturated heterocycles. The van der Waals surface area contributed by atoms with E-state index in [4.69, 9.17) is 16.3 Å². The van der Waals surface area contributed by atoms with Crippen LogP contribution in [0.4, 0.5) is 0 Å². The van der Waals surface area contributed by atoms with Crippen LogP contribution in [0.2, 0.25) is 0 Å². The minimum atomic E-state index is -3.18. The molecule has 0 aromatic heterocycles. The quantitative estimate of drug-likeness (QED) is 0.722. The molecule has 0 radical (unpaired) electrons. The summed E-state index contributed by atoms with van der Waals surface area (Å²) in [7, 11) is -3.18. The van der Waals surface area contributed by atoms with Crippen molar-refractivity contribution in [2.45, 2.75) is 39.3 Å². The standard InChI is InChI=1S/C11H22ClNO3S/c1-9(2)4-5-17(14,15)13-7-11(6-12)16-8-10(13)3/h9-11H,4-8H2,1-3H3. The molecule has 6 heteroatoms. The van der Waals surface area contributed by atoms with Gasteiger partial charge in [0, 0.05) is 18.5 Å². The van der Waals surface area contributed by atoms with Gasteiger partial charge in [0.05, 0.1) is 18.5 Å². The van der Waals surface area contributed by atoms with Crippen LogP contribution >= 0.6 is 11.6 Å². The zero-order valence-electron chi connectivity index (χ0n) is 10.7. The van der Waals surface area contributed by atoms with Crippen molar-refractivity contribution in [1.29, 1.82) is 0 Å². The number of morpholine rings is 1. The van der Waals surface area contributed by atoms with E-state index in [1.54, 1.807) is 4.31 Å². The molecule has 0 spiro atoms. The molecule has 1 aliphatic heterocycles. The van der Waals surface area contributed by atoms with Crippen LogP contribution in [0.15, 0.2) is 0 Å². The van der Waals surface area contributed by atoms with Gasteiger partial charge >= 0.3 is 0 Å². The van der Waals surface area contributed by atoms with Crippen LogP contribution in [-0.2, 0) is 14.8 Å². The van der Waals surface area contributed by atoms with Gasteiger partial charge < -0.3 is 4.74 Å². The van der Waals surface area contributed by atoms with Gasteiger partial charge in [-0.2, -0.15) is 4.31 Å². The number of sulfonamides is 1. The van der Waals surface area contributed by atoms with Gasteiger partial charge in [0.2, 0.25) is 10.0 Å². The molecule has 1 rings (SSSR count). The zero-order valence-corrected chi connectivity index (χ0v) is 12.3. The van der Waals surface area contributed by atoms with Gasteiger partial charge in [-0.3, -0.25) is 0 Å². The van der Waals surface area contributed by atoms with Crippen LogP contribution in [0.25, 0.3) is 0 Å². The minimum Gasteiger partial charge on any atom is -0.374 e. The molecule has 0 amide bonds. The molecule has 1 aliphatic rings. The fourth-order valence-corrected chi connectivity index (χ4v) is 3.97. The first kappa shape index (κ1) is 15.2. The van der Waals surface area contributed by atoms with E-state index in [2.05, 4.69) is 0 Å². The maximum absolute atomic E-state index is 12.2. The first-order valence-electron chi connectivity index (χ1n) is 6.04. The van der Waals surface area contributed by atoms with Crippen LogP contribution in [-0.4, -0.2) is 49.7 Å². The van der Waals surface area contributed by atoms with E-state index in [0.29, 0.717) is 31.4 Å². The Morgan fingerprint density at radius 3 is 2.65 bits per heavy atom. The van der Waals surface area contributed by atoms with Crippen molar-refractivity contribution in [2.24, 2.45) is 5.92 Å². The van der Waals surface area contributed by atoms with Crippen molar-refractivity contribution >= 4 is 21.6 Å². The van der Waals surface area contributed by atoms with Gasteiger partial charge in [0.1, 0.15) is 0 Å². The molecule has 17 heavy (non-hydrogen) atoms. The Labute approximate surface area is 109 Å². The lowest BCUT2D eigenvalue weighted by Crippen LogP contribution is -2.52. The summed E-state index contributed by atoms with van der Waals surface area (Å²) in [5.74, 6) is 0.942. The summed E-state index contributed by atoms with van der Waals surface area (Å²) in [4.78, 5) is 0. The number of nitrogens with zero attached hydrogens (tertiary/aromatic N) is 1. The van der Waals surface area contributed by atoms with Gasteiger partial charge in [-0.15, -0.1) is 11.6 Å². The van der Waals surface area contributed by atoms with E-state index in [1.807, 2.05) is 20.8 Å². The third-order valence-electron chi connectivity index (χ3n) is 2.93. The number of hydrogen-bond acceptors (Lipinski definition) is 3. The van der Waals surface area contributed by atoms with E-state index in [9.17, 15) is 8.42 Å². The zero-order chi connectivity index (χ0) is 13.1. The molecule has 0 aromatic carbocycles. The highest BCUT2D eigenvalue weighted by molar-refractivity contribution is 7.89. The smallest absolute Gasteiger partial charge is 0.214 e. The van der Waals surface area contributed by atoms with E-state index in [-0.39, 0.29) is 17.9 Å². The molecule has 102 valence electrons. The molecule has 2 atom stereocenters. The van der Waals surface area contributed by atoms with E-state index < -0.39 is 10.0 Å². The molecular formula is C11H22ClNO3S. The lowest BCUT2D eigenvalue weighted by atomic mass is 10.2. The summed E-state index contributed by atoms with van der Waals surface area (Å²) in [6, 6.07) is -0.0911. The van der Waals surface area contributed by atoms with Gasteiger partial charge in [-0.25, -0.2) is 8.42 Å². The number of hydrogen-bond donors (Lipinski definition) is 0. The Kier molecular flexibility index (Phi) is 5.70. The van der Waals surface area contributed by atoms with Gasteiger partial charge in [0.25, 0.3) is 0 Å². The largest absolute Gasteiger partial charge is 0.374 e. The van der Waals surface area contributed by atoms with Crippen molar-refractivity contribution in [3.63, 3.8) is 0 Å². The predicted octanol–water partition coefficient (Wildman–Crippen LogP) is 1.69. The molecule has 2 unspecified atom stereocenters. The molecule has 0 bridgehead atoms. The maximum Gasteiger partial charge on any atom is 0.214 e. The summed E-state index contributed by atoms with van der Waals surface area (Å²) in [5.41, 5.74) is 0. The Bertz CT molecular complexity index is 332. The van der Waals surface area contributed by atoms with Crippen LogP contribution in [0.5, 0.6) is 0 Å². The third-order valence-corrected chi connectivity index (χ3v) is 5.25. The molecule has 0 aromatic rings. The van der Waals surface area contributed by atoms with Crippen molar-refractivity contribution in [3.8, 4) is 0 Å². The highest BCUT2D eigenvalue weighted by Gasteiger charge is 2.33. The van der Waals surface area contributed by atoms with Crippen molar-refractivity contribution in [2.75, 3.05) is 24.8 Å². The second-order valence-corrected chi connectivity index (χ2v) is 7.38. The molecule has 0 saturated carbocycles. The normalized spacial score (nSPS) is 27.6. The number of ether oxygens (including phenoxy) is 1. The molecule has 4 nitrogen and oxygen atoms in total. The number of halogens is 1. The SMILES string of the molecule is CC(C)CCS(=O)(=O)N1CC(CCl)OCC1C. The Morgan fingerprint density at radius 1 is 1.47 bits per heavy atom. The van der Waals surface area contributed by atoms with Gasteiger partial charge in [-0.05, 0) is 19.3 Å². The van der Waals surface area contributed by atoms with Crippen LogP contribution in [0.3, 0.4) is 0 Å². The fraction of sp³-hybridized carbons (Fsp3) is 1.00. The number of alkyl halides is 1. The molecule has 1 heterocycles. The lowest BCUT2D eigenvalue weighted by molar-refractivity contribution is -0.0152. The van der Waals surface area contributed by atoms with E-state index >= 15 is 0 Å². The average Bonchev–Trinajstić information content (AvgIpc) is 2.27. The highest BCUT2D eigenvalue weighted by atomic mass is 35.5. The fourth-order valence-electron chi connectivity index (χ4n) is 1.77. The molecule has 0 N–H and O–H groups in total. The number of rotatable bonds is 5. The maximum atomic E-state index is 12.2. The van der Waals surface area contributed by atoms with Crippen molar-refractivity contribution in [3.05, 3.63) is 0 Å². The Balaban J connectivity index is 2.67. The minimum absolute atomic E-state index is 0.0911. The first-order chi connectivity index (χ1) is 7.86. The van der Waals surface area contributed by atoms with E-state index in [0.717, 1.165) is 0 Å². The van der Waals surface area contributed by atoms with Crippen LogP contribution in [0, 0.1) is 5.92 Å². The summed E-state index contributed by atoms with van der Waals surface area (Å²) in [6.07, 6.45) is 0.513. The monoisotopic (exact) mass is 283 g/mol. The molecule has 0 aliphatic carbocycles. The van der Waals surface area contributed by atoms with Gasteiger partial charge in [-0.1, -0.05) is 13.8 Å². The van der Waals surface area contributed by atoms with Gasteiger partial charge in [0.15, 0.2) is 0 Å². The summed E-state index contributed by atoms with van der Waals surface area (Å²) in [5, 5.41) is 0. The third kappa shape index (κ3) is 4.39. The topological polar surface area (TPSA) is 46.6 Å². The van der Waals surface area contributed by atoms with Crippen molar-refractivity contribution < 1.29 is 13.2 Å². The summed E-state index contributed by atoms with van der Waals surface area (Å²) >= 11 is 5.72. The highest BCUT2D eigenvalue weighted by Crippen LogP contribution is 2.18. The Morgan fingerprint density at radius 2 is 2.12 bits per heavy atom. The summed E-state index contributed by atoms with van der Waals surface area (Å²) < 4.78 is 31.4. The first-order valence-corrected chi connectivity index (χ1v) is 8.18. The molecule has 1 fully saturated rings. The predicted molar refractivity (Wildman–Crippen MR) is 69.9 cm³/mol. The second-order valence-electron chi connectivity index (χ2n) is 5.03. The van der Waals surface area contributed by atoms with Crippen LogP contribution in [0.1, 0.15) is 27.2 Å². The van der Waals surface area contributed by atoms with Crippen LogP contribution < -0.4 is 0 Å². The average molecular weight is 284 g/mol.